The van der Waals surface area contributed by atoms with Gasteiger partial charge in [0.2, 0.25) is 0 Å². The van der Waals surface area contributed by atoms with E-state index in [1.165, 1.54) is 11.1 Å². The molecule has 1 aromatic carbocycles. The molecular formula is C20H26N4O. The van der Waals surface area contributed by atoms with Crippen LogP contribution >= 0.6 is 0 Å². The zero-order valence-corrected chi connectivity index (χ0v) is 15.0. The normalized spacial score (nSPS) is 10.5. The molecule has 5 heteroatoms. The minimum atomic E-state index is -0.352. The fraction of sp³-hybridized carbons (Fsp3) is 0.300. The molecule has 0 fully saturated rings. The number of carbonyl (C=O) groups excluding carboxylic acids is 1. The van der Waals surface area contributed by atoms with Crippen molar-refractivity contribution in [1.29, 1.82) is 5.26 Å². The minimum Gasteiger partial charge on any atom is -0.372 e. The summed E-state index contributed by atoms with van der Waals surface area (Å²) in [6, 6.07) is 9.82. The van der Waals surface area contributed by atoms with Gasteiger partial charge in [-0.1, -0.05) is 12.2 Å². The van der Waals surface area contributed by atoms with Gasteiger partial charge in [-0.2, -0.15) is 5.26 Å². The molecule has 1 amide bonds. The summed E-state index contributed by atoms with van der Waals surface area (Å²) >= 11 is 0. The summed E-state index contributed by atoms with van der Waals surface area (Å²) in [5.41, 5.74) is 1.99. The maximum absolute atomic E-state index is 12.4. The van der Waals surface area contributed by atoms with E-state index in [0.717, 1.165) is 24.5 Å². The predicted octanol–water partition coefficient (Wildman–Crippen LogP) is 3.55. The molecule has 1 rings (SSSR count). The van der Waals surface area contributed by atoms with Crippen LogP contribution in [-0.4, -0.2) is 37.0 Å². The highest BCUT2D eigenvalue weighted by atomic mass is 16.2. The summed E-state index contributed by atoms with van der Waals surface area (Å²) in [5.74, 6) is -0.352. The Bertz CT molecular complexity index is 641. The molecule has 0 saturated carbocycles. The molecule has 0 heterocycles. The molecule has 1 N–H and O–H groups in total. The van der Waals surface area contributed by atoms with Crippen LogP contribution in [0.3, 0.4) is 0 Å². The van der Waals surface area contributed by atoms with Crippen LogP contribution in [0.25, 0.3) is 0 Å². The number of anilines is 2. The lowest BCUT2D eigenvalue weighted by atomic mass is 10.2. The predicted molar refractivity (Wildman–Crippen MR) is 104 cm³/mol. The molecule has 132 valence electrons. The van der Waals surface area contributed by atoms with E-state index in [0.29, 0.717) is 13.1 Å². The lowest BCUT2D eigenvalue weighted by molar-refractivity contribution is -0.125. The molecule has 0 aliphatic carbocycles. The van der Waals surface area contributed by atoms with Crippen molar-refractivity contribution in [2.75, 3.05) is 36.4 Å². The fourth-order valence-electron chi connectivity index (χ4n) is 2.38. The smallest absolute Gasteiger partial charge is 0.266 e. The third-order valence-electron chi connectivity index (χ3n) is 3.72. The van der Waals surface area contributed by atoms with Gasteiger partial charge in [0.05, 0.1) is 0 Å². The zero-order valence-electron chi connectivity index (χ0n) is 15.0. The monoisotopic (exact) mass is 338 g/mol. The van der Waals surface area contributed by atoms with Crippen LogP contribution < -0.4 is 10.2 Å². The van der Waals surface area contributed by atoms with Gasteiger partial charge in [0.25, 0.3) is 5.91 Å². The maximum atomic E-state index is 12.4. The van der Waals surface area contributed by atoms with Crippen molar-refractivity contribution >= 4 is 17.3 Å². The summed E-state index contributed by atoms with van der Waals surface area (Å²) in [4.78, 5) is 16.1. The highest BCUT2D eigenvalue weighted by molar-refractivity contribution is 5.97. The van der Waals surface area contributed by atoms with Crippen molar-refractivity contribution in [1.82, 2.24) is 4.90 Å². The van der Waals surface area contributed by atoms with Gasteiger partial charge in [0.1, 0.15) is 11.6 Å². The van der Waals surface area contributed by atoms with Crippen LogP contribution in [0.1, 0.15) is 13.8 Å². The van der Waals surface area contributed by atoms with Gasteiger partial charge in [-0.15, -0.1) is 13.2 Å². The Kier molecular flexibility index (Phi) is 8.59. The Balaban J connectivity index is 2.86. The van der Waals surface area contributed by atoms with Crippen molar-refractivity contribution in [3.63, 3.8) is 0 Å². The molecule has 0 saturated heterocycles. The molecule has 0 radical (unpaired) electrons. The molecule has 1 aromatic rings. The number of hydrogen-bond acceptors (Lipinski definition) is 4. The van der Waals surface area contributed by atoms with Gasteiger partial charge in [0.15, 0.2) is 0 Å². The van der Waals surface area contributed by atoms with Gasteiger partial charge >= 0.3 is 0 Å². The molecule has 0 aromatic heterocycles. The number of hydrogen-bond donors (Lipinski definition) is 1. The van der Waals surface area contributed by atoms with Crippen LogP contribution in [0.15, 0.2) is 61.3 Å². The van der Waals surface area contributed by atoms with Gasteiger partial charge in [-0.3, -0.25) is 4.79 Å². The van der Waals surface area contributed by atoms with Crippen LogP contribution in [0.2, 0.25) is 0 Å². The largest absolute Gasteiger partial charge is 0.372 e. The van der Waals surface area contributed by atoms with Crippen LogP contribution in [0.4, 0.5) is 11.4 Å². The fourth-order valence-corrected chi connectivity index (χ4v) is 2.38. The SMILES string of the molecule is C=CCN(CC=C)C(=O)/C(C#N)=C\Nc1ccc(N(CC)CC)cc1. The lowest BCUT2D eigenvalue weighted by Crippen LogP contribution is -2.32. The maximum Gasteiger partial charge on any atom is 0.266 e. The number of amides is 1. The first-order valence-electron chi connectivity index (χ1n) is 8.34. The zero-order chi connectivity index (χ0) is 18.7. The second kappa shape index (κ2) is 10.7. The van der Waals surface area contributed by atoms with Crippen molar-refractivity contribution in [3.8, 4) is 6.07 Å². The third kappa shape index (κ3) is 5.85. The highest BCUT2D eigenvalue weighted by Crippen LogP contribution is 2.18. The number of nitrogens with zero attached hydrogens (tertiary/aromatic N) is 3. The average molecular weight is 338 g/mol. The summed E-state index contributed by atoms with van der Waals surface area (Å²) in [7, 11) is 0. The third-order valence-corrected chi connectivity index (χ3v) is 3.72. The Hall–Kier alpha value is -3.00. The van der Waals surface area contributed by atoms with Crippen LogP contribution in [0.5, 0.6) is 0 Å². The number of nitrogens with one attached hydrogen (secondary N) is 1. The van der Waals surface area contributed by atoms with Gasteiger partial charge in [-0.05, 0) is 38.1 Å². The second-order valence-corrected chi connectivity index (χ2v) is 5.32. The molecule has 0 bridgehead atoms. The van der Waals surface area contributed by atoms with Crippen molar-refractivity contribution < 1.29 is 4.79 Å². The first kappa shape index (κ1) is 20.0. The summed E-state index contributed by atoms with van der Waals surface area (Å²) in [5, 5.41) is 12.3. The van der Waals surface area contributed by atoms with Crippen molar-refractivity contribution in [2.45, 2.75) is 13.8 Å². The quantitative estimate of drug-likeness (QED) is 0.403. The molecular weight excluding hydrogens is 312 g/mol. The number of rotatable bonds is 10. The van der Waals surface area contributed by atoms with E-state index in [-0.39, 0.29) is 11.5 Å². The Morgan fingerprint density at radius 3 is 2.16 bits per heavy atom. The number of carbonyl (C=O) groups is 1. The van der Waals surface area contributed by atoms with E-state index in [1.807, 2.05) is 30.3 Å². The van der Waals surface area contributed by atoms with E-state index in [4.69, 9.17) is 0 Å². The first-order valence-corrected chi connectivity index (χ1v) is 8.34. The number of nitriles is 1. The summed E-state index contributed by atoms with van der Waals surface area (Å²) < 4.78 is 0. The number of benzene rings is 1. The average Bonchev–Trinajstić information content (AvgIpc) is 2.64. The van der Waals surface area contributed by atoms with Gasteiger partial charge in [-0.25, -0.2) is 0 Å². The molecule has 25 heavy (non-hydrogen) atoms. The molecule has 0 atom stereocenters. The summed E-state index contributed by atoms with van der Waals surface area (Å²) in [6.45, 7) is 14.1. The van der Waals surface area contributed by atoms with Crippen molar-refractivity contribution in [3.05, 3.63) is 61.3 Å². The molecule has 0 aliphatic heterocycles. The molecule has 0 unspecified atom stereocenters. The molecule has 0 spiro atoms. The van der Waals surface area contributed by atoms with Crippen LogP contribution in [-0.2, 0) is 4.79 Å². The topological polar surface area (TPSA) is 59.4 Å². The Labute approximate surface area is 150 Å². The second-order valence-electron chi connectivity index (χ2n) is 5.32. The van der Waals surface area contributed by atoms with E-state index in [2.05, 4.69) is 37.2 Å². The van der Waals surface area contributed by atoms with E-state index in [1.54, 1.807) is 12.2 Å². The Morgan fingerprint density at radius 2 is 1.72 bits per heavy atom. The van der Waals surface area contributed by atoms with Gasteiger partial charge < -0.3 is 15.1 Å². The van der Waals surface area contributed by atoms with Gasteiger partial charge in [0, 0.05) is 43.8 Å². The lowest BCUT2D eigenvalue weighted by Gasteiger charge is -2.21. The molecule has 0 aliphatic rings. The van der Waals surface area contributed by atoms with E-state index >= 15 is 0 Å². The summed E-state index contributed by atoms with van der Waals surface area (Å²) in [6.07, 6.45) is 4.68. The highest BCUT2D eigenvalue weighted by Gasteiger charge is 2.16. The van der Waals surface area contributed by atoms with Crippen LogP contribution in [0, 0.1) is 11.3 Å². The first-order chi connectivity index (χ1) is 12.1. The van der Waals surface area contributed by atoms with E-state index in [9.17, 15) is 10.1 Å². The minimum absolute atomic E-state index is 0.0384. The standard InChI is InChI=1S/C20H26N4O/c1-5-13-24(14-6-2)20(25)17(15-21)16-22-18-9-11-19(12-10-18)23(7-3)8-4/h5-6,9-12,16,22H,1-2,7-8,13-14H2,3-4H3/b17-16-. The van der Waals surface area contributed by atoms with E-state index < -0.39 is 0 Å². The van der Waals surface area contributed by atoms with Crippen molar-refractivity contribution in [2.24, 2.45) is 0 Å². The molecule has 5 nitrogen and oxygen atoms in total. The Morgan fingerprint density at radius 1 is 1.16 bits per heavy atom.